The summed E-state index contributed by atoms with van der Waals surface area (Å²) in [7, 11) is 0.809. The molecular formula is C53H54N14O4S5. The summed E-state index contributed by atoms with van der Waals surface area (Å²) in [6.45, 7) is 2.45. The Morgan fingerprint density at radius 3 is 1.54 bits per heavy atom. The van der Waals surface area contributed by atoms with E-state index in [2.05, 4.69) is 69.3 Å². The van der Waals surface area contributed by atoms with E-state index in [1.54, 1.807) is 54.4 Å². The maximum Gasteiger partial charge on any atom is 0.240 e. The van der Waals surface area contributed by atoms with Gasteiger partial charge in [-0.05, 0) is 145 Å². The van der Waals surface area contributed by atoms with Gasteiger partial charge in [0.2, 0.25) is 20.0 Å². The summed E-state index contributed by atoms with van der Waals surface area (Å²) in [6, 6.07) is 31.8. The largest absolute Gasteiger partial charge is 0.399 e. The van der Waals surface area contributed by atoms with Crippen molar-refractivity contribution in [2.75, 3.05) is 82.3 Å². The lowest BCUT2D eigenvalue weighted by atomic mass is 10.2. The molecule has 0 amide bonds. The van der Waals surface area contributed by atoms with Gasteiger partial charge in [-0.3, -0.25) is 0 Å². The summed E-state index contributed by atoms with van der Waals surface area (Å²) in [4.78, 5) is 22.0. The number of aromatic nitrogens is 4. The molecule has 76 heavy (non-hydrogen) atoms. The van der Waals surface area contributed by atoms with Gasteiger partial charge >= 0.3 is 0 Å². The average Bonchev–Trinajstić information content (AvgIpc) is 4.05. The van der Waals surface area contributed by atoms with Gasteiger partial charge in [-0.1, -0.05) is 47.1 Å². The molecule has 0 aliphatic heterocycles. The van der Waals surface area contributed by atoms with Crippen molar-refractivity contribution in [2.24, 2.45) is 0 Å². The molecule has 8 rings (SSSR count). The fourth-order valence-corrected chi connectivity index (χ4v) is 11.4. The van der Waals surface area contributed by atoms with Crippen LogP contribution in [0, 0.1) is 47.3 Å². The number of nitrogens with zero attached hydrogens (tertiary/aromatic N) is 8. The Balaban J connectivity index is 0.000000203. The Morgan fingerprint density at radius 1 is 0.632 bits per heavy atom. The Kier molecular flexibility index (Phi) is 20.6. The minimum absolute atomic E-state index is 0.188. The van der Waals surface area contributed by atoms with Crippen LogP contribution in [-0.4, -0.2) is 107 Å². The van der Waals surface area contributed by atoms with Gasteiger partial charge in [0.15, 0.2) is 20.8 Å². The van der Waals surface area contributed by atoms with Gasteiger partial charge in [-0.2, -0.15) is 15.5 Å². The van der Waals surface area contributed by atoms with Gasteiger partial charge in [-0.15, -0.1) is 24.2 Å². The highest BCUT2D eigenvalue weighted by Crippen LogP contribution is 2.38. The number of nitriles is 2. The molecule has 390 valence electrons. The van der Waals surface area contributed by atoms with E-state index in [1.165, 1.54) is 41.0 Å². The molecule has 0 aliphatic carbocycles. The molecule has 0 atom stereocenters. The van der Waals surface area contributed by atoms with E-state index in [0.717, 1.165) is 63.2 Å². The van der Waals surface area contributed by atoms with Gasteiger partial charge in [0.05, 0.1) is 37.0 Å². The maximum atomic E-state index is 12.5. The number of rotatable bonds is 19. The standard InChI is InChI=1S/C26H25N7O2S2.C16H10N4S2.C11H19N3O2S/c1-4-18-7-5-8-21(15-18)30-23-19(16-27)17-28-25-24(23)36-26(32-25)31-20-9-11-22(12-10-20)37(34,35)29-13-6-14-33(2)3;1-3-10-5-4-6-12(7-10)19-13-11(8-17)9-18-15-14(13)22-16(20-15)21-2;1-14(2)9-3-8-13-17(15,16)11-6-4-10(12)5-7-11/h1,5,7-12,15,17,29H,6,13-14H2,2-3H3,(H2,28,30,31,32);1,4-7,9H,2H3,(H,18,19);4-7,13H,3,8-9,12H2,1-2H3. The first-order valence-electron chi connectivity index (χ1n) is 23.1. The molecule has 23 heteroatoms. The van der Waals surface area contributed by atoms with Gasteiger partial charge in [0.25, 0.3) is 0 Å². The number of hydrogen-bond donors (Lipinski definition) is 6. The van der Waals surface area contributed by atoms with Crippen molar-refractivity contribution < 1.29 is 16.8 Å². The highest BCUT2D eigenvalue weighted by molar-refractivity contribution is 8.00. The summed E-state index contributed by atoms with van der Waals surface area (Å²) in [5.41, 5.74) is 13.1. The van der Waals surface area contributed by atoms with Crippen molar-refractivity contribution >= 4 is 114 Å². The van der Waals surface area contributed by atoms with Crippen LogP contribution in [0.2, 0.25) is 0 Å². The molecular weight excluding hydrogens is 1060 g/mol. The topological polar surface area (TPSA) is 260 Å². The number of thioether (sulfide) groups is 1. The monoisotopic (exact) mass is 1110 g/mol. The zero-order chi connectivity index (χ0) is 54.8. The van der Waals surface area contributed by atoms with E-state index in [9.17, 15) is 27.4 Å². The number of pyridine rings is 2. The SMILES string of the molecule is C#Cc1cccc(Nc2c(C#N)cnc3nc(Nc4ccc(S(=O)(=O)NCCCN(C)C)cc4)sc23)c1.C#Cc1cccc(Nc2c(C#N)cnc3nc(SC)sc23)c1.CN(C)CCCNS(=O)(=O)c1ccc(N)cc1. The molecule has 4 heterocycles. The van der Waals surface area contributed by atoms with Gasteiger partial charge in [0, 0.05) is 59.4 Å². The third-order valence-electron chi connectivity index (χ3n) is 10.6. The number of hydrogen-bond acceptors (Lipinski definition) is 19. The second-order valence-electron chi connectivity index (χ2n) is 16.9. The molecule has 0 saturated carbocycles. The van der Waals surface area contributed by atoms with E-state index < -0.39 is 20.0 Å². The summed E-state index contributed by atoms with van der Waals surface area (Å²) in [5, 5.41) is 29.3. The summed E-state index contributed by atoms with van der Waals surface area (Å²) >= 11 is 4.41. The lowest BCUT2D eigenvalue weighted by Gasteiger charge is -2.11. The molecule has 4 aromatic heterocycles. The van der Waals surface area contributed by atoms with Crippen LogP contribution in [0.3, 0.4) is 0 Å². The van der Waals surface area contributed by atoms with Crippen LogP contribution in [-0.2, 0) is 20.0 Å². The number of nitrogens with two attached hydrogens (primary N) is 1. The number of benzene rings is 4. The Labute approximate surface area is 455 Å². The van der Waals surface area contributed by atoms with Gasteiger partial charge in [0.1, 0.15) is 16.8 Å². The molecule has 8 aromatic rings. The summed E-state index contributed by atoms with van der Waals surface area (Å²) < 4.78 is 56.4. The lowest BCUT2D eigenvalue weighted by Crippen LogP contribution is -2.27. The summed E-state index contributed by atoms with van der Waals surface area (Å²) in [5.74, 6) is 5.20. The molecule has 0 bridgehead atoms. The average molecular weight is 1110 g/mol. The van der Waals surface area contributed by atoms with Crippen LogP contribution in [0.4, 0.5) is 39.3 Å². The number of thiazole rings is 2. The maximum absolute atomic E-state index is 12.5. The quantitative estimate of drug-likeness (QED) is 0.0191. The number of terminal acetylenes is 2. The molecule has 0 radical (unpaired) electrons. The summed E-state index contributed by atoms with van der Waals surface area (Å²) in [6.07, 6.45) is 17.4. The minimum atomic E-state index is -3.59. The number of anilines is 7. The third-order valence-corrected chi connectivity index (χ3v) is 16.6. The van der Waals surface area contributed by atoms with Crippen molar-refractivity contribution in [1.29, 1.82) is 10.5 Å². The normalized spacial score (nSPS) is 11.1. The van der Waals surface area contributed by atoms with E-state index in [4.69, 9.17) is 18.6 Å². The van der Waals surface area contributed by atoms with Crippen molar-refractivity contribution in [1.82, 2.24) is 39.2 Å². The molecule has 7 N–H and O–H groups in total. The Hall–Kier alpha value is -7.65. The smallest absolute Gasteiger partial charge is 0.240 e. The second kappa shape index (κ2) is 27.2. The van der Waals surface area contributed by atoms with E-state index in [1.807, 2.05) is 92.8 Å². The molecule has 4 aromatic carbocycles. The number of sulfonamides is 2. The zero-order valence-electron chi connectivity index (χ0n) is 42.1. The van der Waals surface area contributed by atoms with Crippen LogP contribution in [0.25, 0.3) is 20.7 Å². The first-order valence-corrected chi connectivity index (χ1v) is 28.9. The molecule has 0 unspecified atom stereocenters. The number of nitrogen functional groups attached to an aromatic ring is 1. The fraction of sp³-hybridized carbons (Fsp3) is 0.208. The fourth-order valence-electron chi connectivity index (χ4n) is 6.81. The van der Waals surface area contributed by atoms with Crippen molar-refractivity contribution in [3.8, 4) is 36.8 Å². The molecule has 0 saturated heterocycles. The minimum Gasteiger partial charge on any atom is -0.399 e. The van der Waals surface area contributed by atoms with E-state index >= 15 is 0 Å². The molecule has 0 fully saturated rings. The van der Waals surface area contributed by atoms with Crippen LogP contribution in [0.5, 0.6) is 0 Å². The molecule has 0 aliphatic rings. The van der Waals surface area contributed by atoms with Crippen LogP contribution in [0.15, 0.2) is 124 Å². The van der Waals surface area contributed by atoms with Crippen LogP contribution < -0.4 is 31.1 Å². The van der Waals surface area contributed by atoms with Crippen molar-refractivity contribution in [3.63, 3.8) is 0 Å². The Bertz CT molecular complexity index is 3690. The predicted molar refractivity (Wildman–Crippen MR) is 309 cm³/mol. The number of nitrogens with one attached hydrogen (secondary N) is 5. The lowest BCUT2D eigenvalue weighted by molar-refractivity contribution is 0.400. The van der Waals surface area contributed by atoms with Gasteiger partial charge in [-0.25, -0.2) is 41.2 Å². The zero-order valence-corrected chi connectivity index (χ0v) is 46.2. The first kappa shape index (κ1) is 57.6. The van der Waals surface area contributed by atoms with Crippen molar-refractivity contribution in [3.05, 3.63) is 132 Å². The first-order chi connectivity index (χ1) is 36.4. The molecule has 0 spiro atoms. The molecule has 18 nitrogen and oxygen atoms in total. The Morgan fingerprint density at radius 2 is 1.09 bits per heavy atom. The van der Waals surface area contributed by atoms with E-state index in [0.29, 0.717) is 62.4 Å². The second-order valence-corrected chi connectivity index (χ2v) is 23.4. The van der Waals surface area contributed by atoms with Crippen molar-refractivity contribution in [2.45, 2.75) is 27.0 Å². The highest BCUT2D eigenvalue weighted by Gasteiger charge is 2.18. The van der Waals surface area contributed by atoms with Gasteiger partial charge < -0.3 is 31.5 Å². The third kappa shape index (κ3) is 16.2. The van der Waals surface area contributed by atoms with E-state index in [-0.39, 0.29) is 9.79 Å². The predicted octanol–water partition coefficient (Wildman–Crippen LogP) is 8.77. The van der Waals surface area contributed by atoms with Crippen LogP contribution in [0.1, 0.15) is 35.1 Å². The van der Waals surface area contributed by atoms with Crippen LogP contribution >= 0.6 is 34.4 Å². The number of fused-ring (bicyclic) bond motifs is 2. The highest BCUT2D eigenvalue weighted by atomic mass is 32.2.